The summed E-state index contributed by atoms with van der Waals surface area (Å²) < 4.78 is 13.1. The number of hydrogen-bond donors (Lipinski definition) is 1. The summed E-state index contributed by atoms with van der Waals surface area (Å²) >= 11 is 17.8. The van der Waals surface area contributed by atoms with Crippen LogP contribution in [0, 0.1) is 5.82 Å². The van der Waals surface area contributed by atoms with Gasteiger partial charge in [-0.3, -0.25) is 0 Å². The predicted octanol–water partition coefficient (Wildman–Crippen LogP) is 5.03. The summed E-state index contributed by atoms with van der Waals surface area (Å²) in [6.07, 6.45) is 0.500. The van der Waals surface area contributed by atoms with Gasteiger partial charge in [-0.1, -0.05) is 40.9 Å². The van der Waals surface area contributed by atoms with Crippen LogP contribution in [0.2, 0.25) is 15.1 Å². The molecule has 1 unspecified atom stereocenters. The van der Waals surface area contributed by atoms with Crippen molar-refractivity contribution in [2.45, 2.75) is 12.5 Å². The quantitative estimate of drug-likeness (QED) is 0.844. The second kappa shape index (κ2) is 6.10. The standard InChI is InChI=1S/C14H11Cl3FN/c15-9-2-3-11(16)10(7-9)14(19)6-8-1-4-13(18)12(17)5-8/h1-5,7,14H,6,19H2. The van der Waals surface area contributed by atoms with E-state index in [9.17, 15) is 4.39 Å². The lowest BCUT2D eigenvalue weighted by Crippen LogP contribution is -2.14. The van der Waals surface area contributed by atoms with Gasteiger partial charge in [-0.15, -0.1) is 0 Å². The average Bonchev–Trinajstić information content (AvgIpc) is 2.36. The molecule has 0 bridgehead atoms. The molecule has 0 saturated carbocycles. The van der Waals surface area contributed by atoms with Gasteiger partial charge in [0.25, 0.3) is 0 Å². The summed E-state index contributed by atoms with van der Waals surface area (Å²) in [5.74, 6) is -0.445. The Bertz CT molecular complexity index is 601. The first-order valence-corrected chi connectivity index (χ1v) is 6.75. The van der Waals surface area contributed by atoms with Gasteiger partial charge in [0.15, 0.2) is 0 Å². The van der Waals surface area contributed by atoms with Crippen LogP contribution in [-0.2, 0) is 6.42 Å². The Kier molecular flexibility index (Phi) is 4.69. The van der Waals surface area contributed by atoms with Crippen molar-refractivity contribution < 1.29 is 4.39 Å². The molecule has 0 aliphatic heterocycles. The highest BCUT2D eigenvalue weighted by Gasteiger charge is 2.12. The maximum atomic E-state index is 13.1. The summed E-state index contributed by atoms with van der Waals surface area (Å²) in [4.78, 5) is 0. The van der Waals surface area contributed by atoms with Gasteiger partial charge in [0, 0.05) is 16.1 Å². The average molecular weight is 319 g/mol. The van der Waals surface area contributed by atoms with Crippen LogP contribution in [0.5, 0.6) is 0 Å². The number of rotatable bonds is 3. The van der Waals surface area contributed by atoms with Gasteiger partial charge in [0.2, 0.25) is 0 Å². The summed E-state index contributed by atoms with van der Waals surface area (Å²) in [5.41, 5.74) is 7.71. The van der Waals surface area contributed by atoms with Crippen LogP contribution in [0.25, 0.3) is 0 Å². The highest BCUT2D eigenvalue weighted by molar-refractivity contribution is 6.33. The van der Waals surface area contributed by atoms with Crippen LogP contribution in [-0.4, -0.2) is 0 Å². The monoisotopic (exact) mass is 317 g/mol. The Balaban J connectivity index is 2.22. The van der Waals surface area contributed by atoms with E-state index in [1.54, 1.807) is 30.3 Å². The molecular formula is C14H11Cl3FN. The van der Waals surface area contributed by atoms with E-state index in [0.29, 0.717) is 16.5 Å². The van der Waals surface area contributed by atoms with E-state index in [1.807, 2.05) is 0 Å². The molecular weight excluding hydrogens is 308 g/mol. The number of benzene rings is 2. The van der Waals surface area contributed by atoms with Gasteiger partial charge in [-0.05, 0) is 47.9 Å². The fourth-order valence-corrected chi connectivity index (χ4v) is 2.47. The SMILES string of the molecule is NC(Cc1ccc(F)c(Cl)c1)c1cc(Cl)ccc1Cl. The maximum absolute atomic E-state index is 13.1. The Morgan fingerprint density at radius 3 is 2.42 bits per heavy atom. The first-order valence-electron chi connectivity index (χ1n) is 5.62. The Labute approximate surface area is 126 Å². The molecule has 2 N–H and O–H groups in total. The van der Waals surface area contributed by atoms with Crippen molar-refractivity contribution in [3.63, 3.8) is 0 Å². The summed E-state index contributed by atoms with van der Waals surface area (Å²) in [6.45, 7) is 0. The van der Waals surface area contributed by atoms with Gasteiger partial charge in [0.1, 0.15) is 5.82 Å². The lowest BCUT2D eigenvalue weighted by atomic mass is 9.99. The molecule has 100 valence electrons. The molecule has 0 heterocycles. The van der Waals surface area contributed by atoms with Crippen LogP contribution in [0.4, 0.5) is 4.39 Å². The van der Waals surface area contributed by atoms with Crippen molar-refractivity contribution in [3.8, 4) is 0 Å². The van der Waals surface area contributed by atoms with Gasteiger partial charge in [-0.25, -0.2) is 4.39 Å². The molecule has 0 amide bonds. The Hall–Kier alpha value is -0.800. The van der Waals surface area contributed by atoms with E-state index in [2.05, 4.69) is 0 Å². The first-order chi connectivity index (χ1) is 8.97. The van der Waals surface area contributed by atoms with Crippen molar-refractivity contribution >= 4 is 34.8 Å². The molecule has 0 fully saturated rings. The van der Waals surface area contributed by atoms with E-state index in [-0.39, 0.29) is 11.1 Å². The minimum atomic E-state index is -0.445. The third kappa shape index (κ3) is 3.61. The van der Waals surface area contributed by atoms with E-state index in [4.69, 9.17) is 40.5 Å². The lowest BCUT2D eigenvalue weighted by molar-refractivity contribution is 0.626. The minimum Gasteiger partial charge on any atom is -0.324 e. The van der Waals surface area contributed by atoms with Crippen LogP contribution >= 0.6 is 34.8 Å². The topological polar surface area (TPSA) is 26.0 Å². The van der Waals surface area contributed by atoms with Crippen molar-refractivity contribution in [2.75, 3.05) is 0 Å². The molecule has 0 aromatic heterocycles. The summed E-state index contributed by atoms with van der Waals surface area (Å²) in [7, 11) is 0. The largest absolute Gasteiger partial charge is 0.324 e. The molecule has 0 radical (unpaired) electrons. The zero-order chi connectivity index (χ0) is 14.0. The molecule has 0 aliphatic carbocycles. The van der Waals surface area contributed by atoms with Crippen LogP contribution in [0.15, 0.2) is 36.4 Å². The van der Waals surface area contributed by atoms with E-state index < -0.39 is 5.82 Å². The molecule has 0 spiro atoms. The van der Waals surface area contributed by atoms with Crippen LogP contribution in [0.3, 0.4) is 0 Å². The smallest absolute Gasteiger partial charge is 0.141 e. The molecule has 5 heteroatoms. The fourth-order valence-electron chi connectivity index (χ4n) is 1.83. The number of halogens is 4. The Morgan fingerprint density at radius 1 is 1.00 bits per heavy atom. The molecule has 0 aliphatic rings. The van der Waals surface area contributed by atoms with E-state index in [1.165, 1.54) is 6.07 Å². The molecule has 1 nitrogen and oxygen atoms in total. The highest BCUT2D eigenvalue weighted by Crippen LogP contribution is 2.28. The van der Waals surface area contributed by atoms with Crippen molar-refractivity contribution in [2.24, 2.45) is 5.73 Å². The lowest BCUT2D eigenvalue weighted by Gasteiger charge is -2.14. The molecule has 0 saturated heterocycles. The fraction of sp³-hybridized carbons (Fsp3) is 0.143. The van der Waals surface area contributed by atoms with E-state index >= 15 is 0 Å². The van der Waals surface area contributed by atoms with Crippen LogP contribution in [0.1, 0.15) is 17.2 Å². The minimum absolute atomic E-state index is 0.0851. The van der Waals surface area contributed by atoms with Crippen LogP contribution < -0.4 is 5.73 Å². The first kappa shape index (κ1) is 14.6. The maximum Gasteiger partial charge on any atom is 0.141 e. The molecule has 2 rings (SSSR count). The van der Waals surface area contributed by atoms with Crippen molar-refractivity contribution in [1.82, 2.24) is 0 Å². The normalized spacial score (nSPS) is 12.5. The molecule has 2 aromatic carbocycles. The van der Waals surface area contributed by atoms with Crippen molar-refractivity contribution in [1.29, 1.82) is 0 Å². The third-order valence-electron chi connectivity index (χ3n) is 2.80. The zero-order valence-electron chi connectivity index (χ0n) is 9.84. The molecule has 19 heavy (non-hydrogen) atoms. The second-order valence-corrected chi connectivity index (χ2v) is 5.48. The zero-order valence-corrected chi connectivity index (χ0v) is 12.1. The predicted molar refractivity (Wildman–Crippen MR) is 78.5 cm³/mol. The number of hydrogen-bond acceptors (Lipinski definition) is 1. The molecule has 2 aromatic rings. The highest BCUT2D eigenvalue weighted by atomic mass is 35.5. The van der Waals surface area contributed by atoms with Gasteiger partial charge in [-0.2, -0.15) is 0 Å². The van der Waals surface area contributed by atoms with Gasteiger partial charge >= 0.3 is 0 Å². The third-order valence-corrected chi connectivity index (χ3v) is 3.67. The van der Waals surface area contributed by atoms with E-state index in [0.717, 1.165) is 11.1 Å². The van der Waals surface area contributed by atoms with Gasteiger partial charge < -0.3 is 5.73 Å². The second-order valence-electron chi connectivity index (χ2n) is 4.22. The Morgan fingerprint density at radius 2 is 1.74 bits per heavy atom. The summed E-state index contributed by atoms with van der Waals surface area (Å²) in [5, 5.41) is 1.22. The molecule has 1 atom stereocenters. The number of nitrogens with two attached hydrogens (primary N) is 1. The van der Waals surface area contributed by atoms with Gasteiger partial charge in [0.05, 0.1) is 5.02 Å². The van der Waals surface area contributed by atoms with Crippen molar-refractivity contribution in [3.05, 3.63) is 68.4 Å². The summed E-state index contributed by atoms with van der Waals surface area (Å²) in [6, 6.07) is 9.36.